The maximum atomic E-state index is 11.6. The van der Waals surface area contributed by atoms with Crippen LogP contribution in [0.2, 0.25) is 0 Å². The second-order valence-electron chi connectivity index (χ2n) is 3.22. The third kappa shape index (κ3) is 3.83. The van der Waals surface area contributed by atoms with Crippen LogP contribution in [0.1, 0.15) is 10.4 Å². The lowest BCUT2D eigenvalue weighted by atomic mass is 10.2. The highest BCUT2D eigenvalue weighted by Gasteiger charge is 2.12. The molecule has 1 aromatic rings. The number of hydrogen-bond acceptors (Lipinski definition) is 5. The summed E-state index contributed by atoms with van der Waals surface area (Å²) in [6.07, 6.45) is 0. The lowest BCUT2D eigenvalue weighted by Gasteiger charge is -2.04. The average molecular weight is 253 g/mol. The van der Waals surface area contributed by atoms with Gasteiger partial charge in [-0.15, -0.1) is 0 Å². The van der Waals surface area contributed by atoms with Crippen molar-refractivity contribution in [2.75, 3.05) is 13.7 Å². The molecule has 0 atom stereocenters. The molecule has 8 nitrogen and oxygen atoms in total. The highest BCUT2D eigenvalue weighted by Crippen LogP contribution is 2.12. The smallest absolute Gasteiger partial charge is 0.270 e. The number of nitrogens with zero attached hydrogens (tertiary/aromatic N) is 1. The molecular formula is C10H11N3O5. The van der Waals surface area contributed by atoms with Gasteiger partial charge in [0.2, 0.25) is 0 Å². The Morgan fingerprint density at radius 2 is 2.17 bits per heavy atom. The summed E-state index contributed by atoms with van der Waals surface area (Å²) in [6, 6.07) is 5.21. The van der Waals surface area contributed by atoms with Crippen LogP contribution in [0.25, 0.3) is 0 Å². The SMILES string of the molecule is CONC(=O)CNC(=O)c1cccc([N+](=O)[O-])c1. The molecular weight excluding hydrogens is 242 g/mol. The number of nitrogens with one attached hydrogen (secondary N) is 2. The Balaban J connectivity index is 2.64. The summed E-state index contributed by atoms with van der Waals surface area (Å²) in [5.41, 5.74) is 1.94. The normalized spacial score (nSPS) is 9.61. The van der Waals surface area contributed by atoms with E-state index in [4.69, 9.17) is 0 Å². The Hall–Kier alpha value is -2.48. The number of nitro benzene ring substituents is 1. The van der Waals surface area contributed by atoms with Crippen LogP contribution in [0.4, 0.5) is 5.69 Å². The van der Waals surface area contributed by atoms with E-state index in [9.17, 15) is 19.7 Å². The van der Waals surface area contributed by atoms with Gasteiger partial charge in [-0.2, -0.15) is 0 Å². The van der Waals surface area contributed by atoms with Gasteiger partial charge in [0.15, 0.2) is 0 Å². The Bertz CT molecular complexity index is 474. The van der Waals surface area contributed by atoms with E-state index in [0.29, 0.717) is 0 Å². The zero-order valence-electron chi connectivity index (χ0n) is 9.50. The predicted octanol–water partition coefficient (Wildman–Crippen LogP) is 0.00220. The van der Waals surface area contributed by atoms with Crippen molar-refractivity contribution in [1.29, 1.82) is 0 Å². The molecule has 0 saturated heterocycles. The lowest BCUT2D eigenvalue weighted by molar-refractivity contribution is -0.384. The number of non-ortho nitro benzene ring substituents is 1. The van der Waals surface area contributed by atoms with Crippen molar-refractivity contribution in [2.45, 2.75) is 0 Å². The van der Waals surface area contributed by atoms with Crippen molar-refractivity contribution in [3.8, 4) is 0 Å². The number of hydrogen-bond donors (Lipinski definition) is 2. The number of rotatable bonds is 5. The summed E-state index contributed by atoms with van der Waals surface area (Å²) in [7, 11) is 1.26. The molecule has 18 heavy (non-hydrogen) atoms. The summed E-state index contributed by atoms with van der Waals surface area (Å²) in [4.78, 5) is 36.8. The summed E-state index contributed by atoms with van der Waals surface area (Å²) in [5, 5.41) is 12.8. The van der Waals surface area contributed by atoms with Gasteiger partial charge < -0.3 is 5.32 Å². The van der Waals surface area contributed by atoms with Crippen molar-refractivity contribution < 1.29 is 19.3 Å². The van der Waals surface area contributed by atoms with Gasteiger partial charge >= 0.3 is 0 Å². The average Bonchev–Trinajstić information content (AvgIpc) is 2.36. The van der Waals surface area contributed by atoms with Gasteiger partial charge in [-0.05, 0) is 6.07 Å². The lowest BCUT2D eigenvalue weighted by Crippen LogP contribution is -2.36. The van der Waals surface area contributed by atoms with Gasteiger partial charge in [0.25, 0.3) is 17.5 Å². The molecule has 1 rings (SSSR count). The van der Waals surface area contributed by atoms with Crippen LogP contribution in [-0.4, -0.2) is 30.4 Å². The molecule has 0 aliphatic rings. The van der Waals surface area contributed by atoms with Gasteiger partial charge in [-0.1, -0.05) is 6.07 Å². The molecule has 0 bridgehead atoms. The molecule has 1 aromatic carbocycles. The standard InChI is InChI=1S/C10H11N3O5/c1-18-12-9(14)6-11-10(15)7-3-2-4-8(5-7)13(16)17/h2-5H,6H2,1H3,(H,11,15)(H,12,14). The van der Waals surface area contributed by atoms with Gasteiger partial charge in [0.05, 0.1) is 18.6 Å². The van der Waals surface area contributed by atoms with Gasteiger partial charge in [-0.3, -0.25) is 24.5 Å². The second-order valence-corrected chi connectivity index (χ2v) is 3.22. The Labute approximate surface area is 102 Å². The third-order valence-electron chi connectivity index (χ3n) is 1.94. The minimum absolute atomic E-state index is 0.106. The molecule has 0 heterocycles. The first-order valence-corrected chi connectivity index (χ1v) is 4.89. The van der Waals surface area contributed by atoms with E-state index in [-0.39, 0.29) is 17.8 Å². The van der Waals surface area contributed by atoms with Crippen LogP contribution in [0.5, 0.6) is 0 Å². The minimum Gasteiger partial charge on any atom is -0.343 e. The Kier molecular flexibility index (Phi) is 4.76. The first-order chi connectivity index (χ1) is 8.54. The van der Waals surface area contributed by atoms with E-state index in [2.05, 4.69) is 10.2 Å². The Morgan fingerprint density at radius 3 is 2.78 bits per heavy atom. The van der Waals surface area contributed by atoms with Crippen molar-refractivity contribution in [1.82, 2.24) is 10.8 Å². The molecule has 0 unspecified atom stereocenters. The van der Waals surface area contributed by atoms with E-state index in [1.807, 2.05) is 5.48 Å². The molecule has 0 radical (unpaired) electrons. The van der Waals surface area contributed by atoms with Gasteiger partial charge in [0, 0.05) is 17.7 Å². The fourth-order valence-corrected chi connectivity index (χ4v) is 1.17. The number of nitro groups is 1. The second kappa shape index (κ2) is 6.30. The van der Waals surface area contributed by atoms with Gasteiger partial charge in [0.1, 0.15) is 0 Å². The molecule has 8 heteroatoms. The molecule has 0 spiro atoms. The zero-order chi connectivity index (χ0) is 13.5. The molecule has 2 N–H and O–H groups in total. The first-order valence-electron chi connectivity index (χ1n) is 4.89. The maximum Gasteiger partial charge on any atom is 0.270 e. The molecule has 0 aliphatic heterocycles. The number of carbonyl (C=O) groups is 2. The number of amides is 2. The molecule has 0 aromatic heterocycles. The van der Waals surface area contributed by atoms with E-state index in [1.165, 1.54) is 25.3 Å². The molecule has 96 valence electrons. The largest absolute Gasteiger partial charge is 0.343 e. The quantitative estimate of drug-likeness (QED) is 0.567. The maximum absolute atomic E-state index is 11.6. The number of hydroxylamine groups is 1. The molecule has 2 amide bonds. The third-order valence-corrected chi connectivity index (χ3v) is 1.94. The summed E-state index contributed by atoms with van der Waals surface area (Å²) >= 11 is 0. The van der Waals surface area contributed by atoms with Crippen LogP contribution in [0, 0.1) is 10.1 Å². The van der Waals surface area contributed by atoms with E-state index < -0.39 is 16.7 Å². The molecule has 0 fully saturated rings. The van der Waals surface area contributed by atoms with E-state index in [0.717, 1.165) is 6.07 Å². The monoisotopic (exact) mass is 253 g/mol. The molecule has 0 aliphatic carbocycles. The fraction of sp³-hybridized carbons (Fsp3) is 0.200. The van der Waals surface area contributed by atoms with E-state index in [1.54, 1.807) is 0 Å². The van der Waals surface area contributed by atoms with Crippen molar-refractivity contribution >= 4 is 17.5 Å². The predicted molar refractivity (Wildman–Crippen MR) is 60.6 cm³/mol. The topological polar surface area (TPSA) is 111 Å². The van der Waals surface area contributed by atoms with Gasteiger partial charge in [-0.25, -0.2) is 5.48 Å². The minimum atomic E-state index is -0.603. The molecule has 0 saturated carbocycles. The van der Waals surface area contributed by atoms with Crippen LogP contribution in [0.15, 0.2) is 24.3 Å². The first kappa shape index (κ1) is 13.6. The highest BCUT2D eigenvalue weighted by atomic mass is 16.6. The van der Waals surface area contributed by atoms with Crippen molar-refractivity contribution in [2.24, 2.45) is 0 Å². The van der Waals surface area contributed by atoms with Crippen LogP contribution >= 0.6 is 0 Å². The highest BCUT2D eigenvalue weighted by molar-refractivity contribution is 5.96. The summed E-state index contributed by atoms with van der Waals surface area (Å²) in [5.74, 6) is -1.11. The summed E-state index contributed by atoms with van der Waals surface area (Å²) in [6.45, 7) is -0.282. The van der Waals surface area contributed by atoms with Crippen molar-refractivity contribution in [3.63, 3.8) is 0 Å². The van der Waals surface area contributed by atoms with Crippen LogP contribution in [0.3, 0.4) is 0 Å². The van der Waals surface area contributed by atoms with Crippen LogP contribution < -0.4 is 10.8 Å². The summed E-state index contributed by atoms with van der Waals surface area (Å²) < 4.78 is 0. The Morgan fingerprint density at radius 1 is 1.44 bits per heavy atom. The van der Waals surface area contributed by atoms with E-state index >= 15 is 0 Å². The number of carbonyl (C=O) groups excluding carboxylic acids is 2. The van der Waals surface area contributed by atoms with Crippen molar-refractivity contribution in [3.05, 3.63) is 39.9 Å². The zero-order valence-corrected chi connectivity index (χ0v) is 9.50. The number of benzene rings is 1. The fourth-order valence-electron chi connectivity index (χ4n) is 1.17. The van der Waals surface area contributed by atoms with Crippen LogP contribution in [-0.2, 0) is 9.63 Å².